The quantitative estimate of drug-likeness (QED) is 0.437. The molecule has 0 aliphatic carbocycles. The normalized spacial score (nSPS) is 10.3. The minimum absolute atomic E-state index is 0.0905. The van der Waals surface area contributed by atoms with Crippen molar-refractivity contribution in [1.82, 2.24) is 4.98 Å². The molecule has 0 aliphatic heterocycles. The van der Waals surface area contributed by atoms with E-state index in [1.165, 1.54) is 19.2 Å². The van der Waals surface area contributed by atoms with Gasteiger partial charge in [-0.15, -0.1) is 11.3 Å². The molecule has 0 atom stereocenters. The van der Waals surface area contributed by atoms with E-state index in [9.17, 15) is 14.9 Å². The van der Waals surface area contributed by atoms with Crippen LogP contribution in [0.3, 0.4) is 0 Å². The maximum absolute atomic E-state index is 11.4. The number of rotatable bonds is 7. The lowest BCUT2D eigenvalue weighted by Gasteiger charge is -2.06. The molecule has 0 saturated heterocycles. The van der Waals surface area contributed by atoms with Gasteiger partial charge in [-0.2, -0.15) is 0 Å². The monoisotopic (exact) mass is 336 g/mol. The summed E-state index contributed by atoms with van der Waals surface area (Å²) in [5.41, 5.74) is 0.548. The predicted molar refractivity (Wildman–Crippen MR) is 84.9 cm³/mol. The van der Waals surface area contributed by atoms with Crippen molar-refractivity contribution in [2.45, 2.75) is 26.4 Å². The first-order valence-corrected chi connectivity index (χ1v) is 7.86. The second-order valence-electron chi connectivity index (χ2n) is 4.70. The van der Waals surface area contributed by atoms with Gasteiger partial charge in [0.1, 0.15) is 6.61 Å². The van der Waals surface area contributed by atoms with Crippen molar-refractivity contribution in [2.24, 2.45) is 0 Å². The highest BCUT2D eigenvalue weighted by molar-refractivity contribution is 7.09. The Morgan fingerprint density at radius 3 is 2.87 bits per heavy atom. The van der Waals surface area contributed by atoms with Gasteiger partial charge in [-0.25, -0.2) is 9.78 Å². The zero-order valence-corrected chi connectivity index (χ0v) is 13.6. The van der Waals surface area contributed by atoms with Gasteiger partial charge in [0.25, 0.3) is 0 Å². The van der Waals surface area contributed by atoms with Crippen LogP contribution in [0.5, 0.6) is 5.75 Å². The Labute approximate surface area is 137 Å². The number of hydrogen-bond acceptors (Lipinski definition) is 7. The summed E-state index contributed by atoms with van der Waals surface area (Å²) in [5, 5.41) is 14.0. The van der Waals surface area contributed by atoms with Crippen LogP contribution in [0.4, 0.5) is 5.69 Å². The third kappa shape index (κ3) is 4.26. The highest BCUT2D eigenvalue weighted by atomic mass is 32.1. The van der Waals surface area contributed by atoms with Crippen LogP contribution in [0, 0.1) is 10.1 Å². The van der Waals surface area contributed by atoms with Crippen molar-refractivity contribution in [3.05, 3.63) is 50.0 Å². The molecule has 0 bridgehead atoms. The average Bonchev–Trinajstić information content (AvgIpc) is 3.00. The second kappa shape index (κ2) is 7.68. The van der Waals surface area contributed by atoms with Gasteiger partial charge >= 0.3 is 11.7 Å². The standard InChI is InChI=1S/C15H16N2O5S/c1-3-4-14-16-11(9-23-14)8-22-13-6-5-10(15(18)21-2)7-12(13)17(19)20/h5-7,9H,3-4,8H2,1-2H3. The molecule has 122 valence electrons. The van der Waals surface area contributed by atoms with Gasteiger partial charge in [-0.05, 0) is 25.0 Å². The summed E-state index contributed by atoms with van der Waals surface area (Å²) in [6, 6.07) is 3.96. The van der Waals surface area contributed by atoms with E-state index in [4.69, 9.17) is 4.74 Å². The van der Waals surface area contributed by atoms with E-state index in [1.54, 1.807) is 11.3 Å². The van der Waals surface area contributed by atoms with Crippen LogP contribution in [-0.2, 0) is 17.8 Å². The third-order valence-corrected chi connectivity index (χ3v) is 3.97. The highest BCUT2D eigenvalue weighted by Gasteiger charge is 2.19. The lowest BCUT2D eigenvalue weighted by Crippen LogP contribution is -2.04. The van der Waals surface area contributed by atoms with Crippen LogP contribution in [-0.4, -0.2) is 23.0 Å². The first kappa shape index (κ1) is 16.9. The van der Waals surface area contributed by atoms with E-state index in [0.717, 1.165) is 29.6 Å². The topological polar surface area (TPSA) is 91.6 Å². The van der Waals surface area contributed by atoms with E-state index < -0.39 is 10.9 Å². The molecule has 2 aromatic rings. The Hall–Kier alpha value is -2.48. The van der Waals surface area contributed by atoms with Gasteiger partial charge in [0, 0.05) is 11.4 Å². The first-order valence-electron chi connectivity index (χ1n) is 6.98. The molecule has 0 N–H and O–H groups in total. The van der Waals surface area contributed by atoms with E-state index in [2.05, 4.69) is 16.6 Å². The van der Waals surface area contributed by atoms with E-state index in [0.29, 0.717) is 0 Å². The smallest absolute Gasteiger partial charge is 0.338 e. The number of carbonyl (C=O) groups excluding carboxylic acids is 1. The van der Waals surface area contributed by atoms with Crippen molar-refractivity contribution in [2.75, 3.05) is 7.11 Å². The fourth-order valence-electron chi connectivity index (χ4n) is 1.92. The fraction of sp³-hybridized carbons (Fsp3) is 0.333. The number of aromatic nitrogens is 1. The number of nitro groups is 1. The first-order chi connectivity index (χ1) is 11.0. The number of nitrogens with zero attached hydrogens (tertiary/aromatic N) is 2. The van der Waals surface area contributed by atoms with Crippen molar-refractivity contribution in [1.29, 1.82) is 0 Å². The van der Waals surface area contributed by atoms with Crippen molar-refractivity contribution >= 4 is 23.0 Å². The zero-order valence-electron chi connectivity index (χ0n) is 12.8. The van der Waals surface area contributed by atoms with Crippen LogP contribution in [0.15, 0.2) is 23.6 Å². The van der Waals surface area contributed by atoms with E-state index in [-0.39, 0.29) is 23.6 Å². The van der Waals surface area contributed by atoms with Gasteiger partial charge in [0.2, 0.25) is 0 Å². The van der Waals surface area contributed by atoms with E-state index in [1.807, 2.05) is 5.38 Å². The lowest BCUT2D eigenvalue weighted by molar-refractivity contribution is -0.386. The predicted octanol–water partition coefficient (Wildman–Crippen LogP) is 3.37. The maximum Gasteiger partial charge on any atom is 0.338 e. The zero-order chi connectivity index (χ0) is 16.8. The molecule has 0 saturated carbocycles. The van der Waals surface area contributed by atoms with Gasteiger partial charge in [-0.1, -0.05) is 6.92 Å². The second-order valence-corrected chi connectivity index (χ2v) is 5.65. The summed E-state index contributed by atoms with van der Waals surface area (Å²) in [6.07, 6.45) is 1.91. The molecule has 0 spiro atoms. The molecule has 2 rings (SSSR count). The van der Waals surface area contributed by atoms with Crippen LogP contribution < -0.4 is 4.74 Å². The minimum Gasteiger partial charge on any atom is -0.480 e. The number of nitro benzene ring substituents is 1. The molecule has 0 radical (unpaired) electrons. The Kier molecular flexibility index (Phi) is 5.64. The molecule has 0 fully saturated rings. The average molecular weight is 336 g/mol. The van der Waals surface area contributed by atoms with Crippen molar-refractivity contribution in [3.63, 3.8) is 0 Å². The number of carbonyl (C=O) groups is 1. The Morgan fingerprint density at radius 1 is 1.43 bits per heavy atom. The van der Waals surface area contributed by atoms with Gasteiger partial charge in [0.05, 0.1) is 28.3 Å². The van der Waals surface area contributed by atoms with Gasteiger partial charge < -0.3 is 9.47 Å². The molecule has 23 heavy (non-hydrogen) atoms. The highest BCUT2D eigenvalue weighted by Crippen LogP contribution is 2.29. The summed E-state index contributed by atoms with van der Waals surface area (Å²) in [5.74, 6) is -0.545. The number of hydrogen-bond donors (Lipinski definition) is 0. The largest absolute Gasteiger partial charge is 0.480 e. The summed E-state index contributed by atoms with van der Waals surface area (Å²) in [4.78, 5) is 26.4. The molecule has 0 aliphatic rings. The molecule has 0 amide bonds. The summed E-state index contributed by atoms with van der Waals surface area (Å²) in [7, 11) is 1.22. The molecule has 0 unspecified atom stereocenters. The number of methoxy groups -OCH3 is 1. The number of thiazole rings is 1. The molecular weight excluding hydrogens is 320 g/mol. The van der Waals surface area contributed by atoms with Crippen molar-refractivity contribution in [3.8, 4) is 5.75 Å². The SMILES string of the molecule is CCCc1nc(COc2ccc(C(=O)OC)cc2[N+](=O)[O-])cs1. The molecule has 7 nitrogen and oxygen atoms in total. The minimum atomic E-state index is -0.636. The van der Waals surface area contributed by atoms with Crippen molar-refractivity contribution < 1.29 is 19.2 Å². The molecular formula is C15H16N2O5S. The maximum atomic E-state index is 11.4. The third-order valence-electron chi connectivity index (χ3n) is 3.02. The Balaban J connectivity index is 2.14. The van der Waals surface area contributed by atoms with Gasteiger partial charge in [0.15, 0.2) is 5.75 Å². The van der Waals surface area contributed by atoms with Crippen LogP contribution >= 0.6 is 11.3 Å². The summed E-state index contributed by atoms with van der Waals surface area (Å²) in [6.45, 7) is 2.21. The Morgan fingerprint density at radius 2 is 2.22 bits per heavy atom. The fourth-order valence-corrected chi connectivity index (χ4v) is 2.81. The lowest BCUT2D eigenvalue weighted by atomic mass is 10.2. The molecule has 8 heteroatoms. The molecule has 1 heterocycles. The molecule has 1 aromatic carbocycles. The summed E-state index contributed by atoms with van der Waals surface area (Å²) < 4.78 is 10.0. The van der Waals surface area contributed by atoms with E-state index >= 15 is 0 Å². The van der Waals surface area contributed by atoms with Gasteiger partial charge in [-0.3, -0.25) is 10.1 Å². The number of esters is 1. The van der Waals surface area contributed by atoms with Crippen LogP contribution in [0.2, 0.25) is 0 Å². The van der Waals surface area contributed by atoms with Crippen LogP contribution in [0.25, 0.3) is 0 Å². The number of benzene rings is 1. The summed E-state index contributed by atoms with van der Waals surface area (Å²) >= 11 is 1.54. The van der Waals surface area contributed by atoms with Crippen LogP contribution in [0.1, 0.15) is 34.4 Å². The number of aryl methyl sites for hydroxylation is 1. The number of ether oxygens (including phenoxy) is 2. The Bertz CT molecular complexity index is 714. The molecule has 1 aromatic heterocycles.